The molecule has 1 aliphatic rings. The minimum Gasteiger partial charge on any atom is -0.326 e. The third-order valence-corrected chi connectivity index (χ3v) is 4.38. The summed E-state index contributed by atoms with van der Waals surface area (Å²) in [6, 6.07) is 7.17. The van der Waals surface area contributed by atoms with Gasteiger partial charge in [-0.3, -0.25) is 4.90 Å². The Balaban J connectivity index is 2.48. The zero-order valence-electron chi connectivity index (χ0n) is 13.0. The quantitative estimate of drug-likeness (QED) is 0.836. The lowest BCUT2D eigenvalue weighted by atomic mass is 9.83. The molecular formula is C17H28N2. The third kappa shape index (κ3) is 2.85. The minimum atomic E-state index is 0.164. The number of likely N-dealkylation sites (tertiary alicyclic amines) is 1. The lowest BCUT2D eigenvalue weighted by Gasteiger charge is -2.48. The van der Waals surface area contributed by atoms with Crippen LogP contribution in [0.25, 0.3) is 0 Å². The molecule has 19 heavy (non-hydrogen) atoms. The first kappa shape index (κ1) is 14.5. The van der Waals surface area contributed by atoms with Crippen molar-refractivity contribution < 1.29 is 0 Å². The van der Waals surface area contributed by atoms with Gasteiger partial charge in [-0.05, 0) is 70.7 Å². The van der Waals surface area contributed by atoms with Crippen molar-refractivity contribution in [1.29, 1.82) is 0 Å². The van der Waals surface area contributed by atoms with Crippen molar-refractivity contribution >= 4 is 0 Å². The topological polar surface area (TPSA) is 29.3 Å². The summed E-state index contributed by atoms with van der Waals surface area (Å²) in [7, 11) is 0. The van der Waals surface area contributed by atoms with Gasteiger partial charge in [0.2, 0.25) is 0 Å². The summed E-state index contributed by atoms with van der Waals surface area (Å²) in [6.07, 6.45) is 2.34. The Labute approximate surface area is 118 Å². The Bertz CT molecular complexity index is 425. The van der Waals surface area contributed by atoms with Gasteiger partial charge >= 0.3 is 0 Å². The number of hydrogen-bond acceptors (Lipinski definition) is 2. The van der Waals surface area contributed by atoms with E-state index < -0.39 is 0 Å². The standard InChI is InChI=1S/C17H28N2/c1-12-8-6-9-13(2)15(12)16-14(18)10-7-11-19(16)17(3,4)5/h6,8-9,14,16H,7,10-11,18H2,1-5H3. The van der Waals surface area contributed by atoms with E-state index in [4.69, 9.17) is 5.73 Å². The smallest absolute Gasteiger partial charge is 0.0509 e. The van der Waals surface area contributed by atoms with Gasteiger partial charge in [-0.15, -0.1) is 0 Å². The first-order chi connectivity index (χ1) is 8.82. The Morgan fingerprint density at radius 1 is 1.16 bits per heavy atom. The van der Waals surface area contributed by atoms with E-state index in [0.717, 1.165) is 13.0 Å². The van der Waals surface area contributed by atoms with Crippen LogP contribution in [-0.2, 0) is 0 Å². The number of benzene rings is 1. The van der Waals surface area contributed by atoms with E-state index >= 15 is 0 Å². The van der Waals surface area contributed by atoms with Crippen molar-refractivity contribution in [3.63, 3.8) is 0 Å². The molecule has 106 valence electrons. The molecule has 1 aliphatic heterocycles. The van der Waals surface area contributed by atoms with Crippen LogP contribution in [-0.4, -0.2) is 23.0 Å². The van der Waals surface area contributed by atoms with Crippen LogP contribution in [0.4, 0.5) is 0 Å². The van der Waals surface area contributed by atoms with Gasteiger partial charge in [0, 0.05) is 11.6 Å². The van der Waals surface area contributed by atoms with E-state index in [1.807, 2.05) is 0 Å². The molecule has 1 heterocycles. The maximum Gasteiger partial charge on any atom is 0.0509 e. The predicted molar refractivity (Wildman–Crippen MR) is 82.3 cm³/mol. The molecule has 1 aromatic carbocycles. The van der Waals surface area contributed by atoms with Crippen molar-refractivity contribution in [3.05, 3.63) is 34.9 Å². The molecule has 0 radical (unpaired) electrons. The summed E-state index contributed by atoms with van der Waals surface area (Å²) < 4.78 is 0. The molecule has 0 amide bonds. The van der Waals surface area contributed by atoms with E-state index in [-0.39, 0.29) is 11.6 Å². The second-order valence-electron chi connectivity index (χ2n) is 6.92. The molecule has 0 spiro atoms. The van der Waals surface area contributed by atoms with Crippen LogP contribution < -0.4 is 5.73 Å². The lowest BCUT2D eigenvalue weighted by Crippen LogP contribution is -2.53. The monoisotopic (exact) mass is 260 g/mol. The molecule has 2 nitrogen and oxygen atoms in total. The van der Waals surface area contributed by atoms with Crippen LogP contribution in [0, 0.1) is 13.8 Å². The molecule has 0 bridgehead atoms. The second-order valence-corrected chi connectivity index (χ2v) is 6.92. The maximum absolute atomic E-state index is 6.49. The van der Waals surface area contributed by atoms with Gasteiger partial charge in [-0.2, -0.15) is 0 Å². The minimum absolute atomic E-state index is 0.164. The molecule has 0 aliphatic carbocycles. The second kappa shape index (κ2) is 5.26. The molecule has 2 heteroatoms. The molecule has 0 saturated carbocycles. The number of piperidine rings is 1. The van der Waals surface area contributed by atoms with Crippen LogP contribution >= 0.6 is 0 Å². The third-order valence-electron chi connectivity index (χ3n) is 4.38. The summed E-state index contributed by atoms with van der Waals surface area (Å²) in [6.45, 7) is 12.5. The zero-order chi connectivity index (χ0) is 14.2. The van der Waals surface area contributed by atoms with E-state index in [1.165, 1.54) is 23.1 Å². The van der Waals surface area contributed by atoms with E-state index in [9.17, 15) is 0 Å². The highest BCUT2D eigenvalue weighted by Crippen LogP contribution is 2.38. The largest absolute Gasteiger partial charge is 0.326 e. The molecule has 2 unspecified atom stereocenters. The Morgan fingerprint density at radius 2 is 1.74 bits per heavy atom. The first-order valence-corrected chi connectivity index (χ1v) is 7.41. The molecule has 1 fully saturated rings. The summed E-state index contributed by atoms with van der Waals surface area (Å²) >= 11 is 0. The van der Waals surface area contributed by atoms with Gasteiger partial charge in [0.05, 0.1) is 6.04 Å². The fourth-order valence-corrected chi connectivity index (χ4v) is 3.44. The fourth-order valence-electron chi connectivity index (χ4n) is 3.44. The molecule has 0 aromatic heterocycles. The average molecular weight is 260 g/mol. The Morgan fingerprint density at radius 3 is 2.26 bits per heavy atom. The van der Waals surface area contributed by atoms with Crippen molar-refractivity contribution in [1.82, 2.24) is 4.90 Å². The van der Waals surface area contributed by atoms with Crippen LogP contribution in [0.15, 0.2) is 18.2 Å². The average Bonchev–Trinajstić information content (AvgIpc) is 2.29. The number of aryl methyl sites for hydroxylation is 2. The van der Waals surface area contributed by atoms with E-state index in [1.54, 1.807) is 0 Å². The highest BCUT2D eigenvalue weighted by Gasteiger charge is 2.37. The van der Waals surface area contributed by atoms with Crippen LogP contribution in [0.5, 0.6) is 0 Å². The highest BCUT2D eigenvalue weighted by atomic mass is 15.2. The van der Waals surface area contributed by atoms with Gasteiger partial charge in [-0.1, -0.05) is 18.2 Å². The predicted octanol–water partition coefficient (Wildman–Crippen LogP) is 3.57. The van der Waals surface area contributed by atoms with Crippen molar-refractivity contribution in [2.24, 2.45) is 5.73 Å². The summed E-state index contributed by atoms with van der Waals surface area (Å²) in [5.41, 5.74) is 10.9. The van der Waals surface area contributed by atoms with Gasteiger partial charge in [0.1, 0.15) is 0 Å². The molecule has 1 saturated heterocycles. The van der Waals surface area contributed by atoms with Gasteiger partial charge in [0.15, 0.2) is 0 Å². The van der Waals surface area contributed by atoms with Crippen molar-refractivity contribution in [3.8, 4) is 0 Å². The lowest BCUT2D eigenvalue weighted by molar-refractivity contribution is 0.0378. The maximum atomic E-state index is 6.49. The zero-order valence-corrected chi connectivity index (χ0v) is 13.0. The van der Waals surface area contributed by atoms with Crippen LogP contribution in [0.1, 0.15) is 56.3 Å². The molecular weight excluding hydrogens is 232 g/mol. The number of rotatable bonds is 1. The first-order valence-electron chi connectivity index (χ1n) is 7.41. The summed E-state index contributed by atoms with van der Waals surface area (Å²) in [5, 5.41) is 0. The molecule has 2 atom stereocenters. The van der Waals surface area contributed by atoms with E-state index in [0.29, 0.717) is 6.04 Å². The molecule has 2 N–H and O–H groups in total. The molecule has 1 aromatic rings. The Hall–Kier alpha value is -0.860. The van der Waals surface area contributed by atoms with Crippen molar-refractivity contribution in [2.45, 2.75) is 65.1 Å². The SMILES string of the molecule is Cc1cccc(C)c1C1C(N)CCCN1C(C)(C)C. The summed E-state index contributed by atoms with van der Waals surface area (Å²) in [4.78, 5) is 2.59. The van der Waals surface area contributed by atoms with E-state index in [2.05, 4.69) is 57.7 Å². The van der Waals surface area contributed by atoms with Crippen LogP contribution in [0.2, 0.25) is 0 Å². The van der Waals surface area contributed by atoms with Gasteiger partial charge in [0.25, 0.3) is 0 Å². The normalized spacial score (nSPS) is 25.6. The fraction of sp³-hybridized carbons (Fsp3) is 0.647. The number of nitrogens with zero attached hydrogens (tertiary/aromatic N) is 1. The molecule has 2 rings (SSSR count). The number of nitrogens with two attached hydrogens (primary N) is 1. The van der Waals surface area contributed by atoms with Crippen molar-refractivity contribution in [2.75, 3.05) is 6.54 Å². The Kier molecular flexibility index (Phi) is 4.03. The highest BCUT2D eigenvalue weighted by molar-refractivity contribution is 5.37. The summed E-state index contributed by atoms with van der Waals surface area (Å²) in [5.74, 6) is 0. The number of hydrogen-bond donors (Lipinski definition) is 1. The van der Waals surface area contributed by atoms with Gasteiger partial charge in [-0.25, -0.2) is 0 Å². The van der Waals surface area contributed by atoms with Gasteiger partial charge < -0.3 is 5.73 Å². The van der Waals surface area contributed by atoms with Crippen LogP contribution in [0.3, 0.4) is 0 Å².